The van der Waals surface area contributed by atoms with Crippen LogP contribution in [0, 0.1) is 11.6 Å². The number of amides is 1. The maximum atomic E-state index is 15.9. The summed E-state index contributed by atoms with van der Waals surface area (Å²) in [5, 5.41) is 9.82. The van der Waals surface area contributed by atoms with Crippen molar-refractivity contribution < 1.29 is 23.0 Å². The Morgan fingerprint density at radius 1 is 0.981 bits per heavy atom. The molecule has 1 fully saturated rings. The van der Waals surface area contributed by atoms with Gasteiger partial charge in [-0.3, -0.25) is 9.59 Å². The van der Waals surface area contributed by atoms with Crippen LogP contribution in [0.4, 0.5) is 14.6 Å². The number of piperidine rings is 1. The summed E-state index contributed by atoms with van der Waals surface area (Å²) in [6.07, 6.45) is 4.74. The van der Waals surface area contributed by atoms with Gasteiger partial charge in [0, 0.05) is 37.0 Å². The Kier molecular flexibility index (Phi) is 9.39. The Bertz CT molecular complexity index is 2320. The minimum absolute atomic E-state index is 0.0378. The van der Waals surface area contributed by atoms with Gasteiger partial charge in [-0.05, 0) is 86.6 Å². The fraction of sp³-hybridized carbons (Fsp3) is 0.237. The molecular formula is C38H36F2N8O4. The van der Waals surface area contributed by atoms with Crippen LogP contribution in [0.3, 0.4) is 0 Å². The van der Waals surface area contributed by atoms with Gasteiger partial charge >= 0.3 is 0 Å². The fourth-order valence-electron chi connectivity index (χ4n) is 6.51. The van der Waals surface area contributed by atoms with Crippen molar-refractivity contribution in [3.05, 3.63) is 118 Å². The predicted octanol–water partition coefficient (Wildman–Crippen LogP) is 5.40. The van der Waals surface area contributed by atoms with Crippen molar-refractivity contribution in [2.75, 3.05) is 39.2 Å². The summed E-state index contributed by atoms with van der Waals surface area (Å²) in [6.45, 7) is 1.97. The van der Waals surface area contributed by atoms with Gasteiger partial charge < -0.3 is 25.0 Å². The number of nitrogens with zero attached hydrogens (tertiary/aromatic N) is 7. The molecule has 0 aliphatic carbocycles. The Hall–Kier alpha value is -6.15. The molecule has 0 bridgehead atoms. The first-order valence-electron chi connectivity index (χ1n) is 16.7. The summed E-state index contributed by atoms with van der Waals surface area (Å²) < 4.78 is 43.7. The van der Waals surface area contributed by atoms with Crippen molar-refractivity contribution >= 4 is 22.8 Å². The molecule has 0 unspecified atom stereocenters. The molecule has 4 heterocycles. The smallest absolute Gasteiger partial charge is 0.284 e. The first kappa shape index (κ1) is 34.3. The van der Waals surface area contributed by atoms with Crippen LogP contribution in [0.2, 0.25) is 0 Å². The maximum Gasteiger partial charge on any atom is 0.284 e. The van der Waals surface area contributed by atoms with Crippen LogP contribution < -0.4 is 25.7 Å². The number of pyridine rings is 1. The third kappa shape index (κ3) is 6.67. The molecular weight excluding hydrogens is 670 g/mol. The zero-order valence-corrected chi connectivity index (χ0v) is 28.8. The van der Waals surface area contributed by atoms with Gasteiger partial charge in [-0.15, -0.1) is 0 Å². The normalized spacial score (nSPS) is 13.5. The minimum atomic E-state index is -1.02. The first-order chi connectivity index (χ1) is 25.1. The number of methoxy groups -OCH3 is 1. The summed E-state index contributed by atoms with van der Waals surface area (Å²) in [4.78, 5) is 35.0. The van der Waals surface area contributed by atoms with Crippen LogP contribution in [0.1, 0.15) is 28.8 Å². The number of halogens is 2. The second kappa shape index (κ2) is 14.2. The number of hydrogen-bond acceptors (Lipinski definition) is 9. The monoisotopic (exact) mass is 706 g/mol. The minimum Gasteiger partial charge on any atom is -0.497 e. The Morgan fingerprint density at radius 2 is 1.71 bits per heavy atom. The first-order valence-corrected chi connectivity index (χ1v) is 16.7. The fourth-order valence-corrected chi connectivity index (χ4v) is 6.51. The highest BCUT2D eigenvalue weighted by Crippen LogP contribution is 2.38. The summed E-state index contributed by atoms with van der Waals surface area (Å²) in [5.41, 5.74) is 6.43. The van der Waals surface area contributed by atoms with Crippen molar-refractivity contribution in [2.45, 2.75) is 25.4 Å². The van der Waals surface area contributed by atoms with Crippen molar-refractivity contribution in [3.63, 3.8) is 0 Å². The molecule has 1 aliphatic rings. The zero-order valence-electron chi connectivity index (χ0n) is 28.8. The molecule has 0 radical (unpaired) electrons. The molecule has 1 aliphatic heterocycles. The summed E-state index contributed by atoms with van der Waals surface area (Å²) in [5.74, 6) is -0.561. The second-order valence-corrected chi connectivity index (χ2v) is 12.8. The standard InChI is InChI=1S/C38H36F2N8O4/c1-45(2)26-15-18-46(19-16-26)37-34-32(14-17-42-36(34)47(44-37)22-23-4-11-28(51-3)12-5-23)52-31-13-6-24(20-30(31)40)29-21-43-48(38(50)33(29)35(41)49)27-9-7-25(39)8-10-27/h4-14,17,20-21,26H,15-16,18-19,22H2,1-3H3,(H2,41,49). The lowest BCUT2D eigenvalue weighted by Crippen LogP contribution is -2.42. The lowest BCUT2D eigenvalue weighted by Gasteiger charge is -2.35. The number of carbonyl (C=O) groups excluding carboxylic acids is 1. The number of anilines is 1. The predicted molar refractivity (Wildman–Crippen MR) is 192 cm³/mol. The molecule has 7 rings (SSSR count). The van der Waals surface area contributed by atoms with E-state index in [1.54, 1.807) is 19.4 Å². The van der Waals surface area contributed by atoms with Crippen molar-refractivity contribution in [1.29, 1.82) is 0 Å². The highest BCUT2D eigenvalue weighted by Gasteiger charge is 2.27. The van der Waals surface area contributed by atoms with Crippen molar-refractivity contribution in [1.82, 2.24) is 29.4 Å². The van der Waals surface area contributed by atoms with E-state index in [-0.39, 0.29) is 22.6 Å². The number of nitrogens with two attached hydrogens (primary N) is 1. The van der Waals surface area contributed by atoms with Gasteiger partial charge in [-0.1, -0.05) is 18.2 Å². The molecule has 1 amide bonds. The molecule has 1 saturated heterocycles. The SMILES string of the molecule is COc1ccc(Cn2nc(N3CCC(N(C)C)CC3)c3c(Oc4ccc(-c5cnn(-c6ccc(F)cc6)c(=O)c5C(N)=O)cc4F)ccnc32)cc1. The average molecular weight is 707 g/mol. The molecule has 12 nitrogen and oxygen atoms in total. The van der Waals surface area contributed by atoms with Crippen molar-refractivity contribution in [3.8, 4) is 34.1 Å². The molecule has 3 aromatic heterocycles. The van der Waals surface area contributed by atoms with Gasteiger partial charge in [-0.2, -0.15) is 14.9 Å². The van der Waals surface area contributed by atoms with E-state index in [1.165, 1.54) is 30.5 Å². The summed E-state index contributed by atoms with van der Waals surface area (Å²) in [7, 11) is 5.79. The third-order valence-corrected chi connectivity index (χ3v) is 9.32. The quantitative estimate of drug-likeness (QED) is 0.199. The molecule has 14 heteroatoms. The Balaban J connectivity index is 1.24. The van der Waals surface area contributed by atoms with Crippen LogP contribution in [0.5, 0.6) is 17.2 Å². The zero-order chi connectivity index (χ0) is 36.5. The van der Waals surface area contributed by atoms with Crippen LogP contribution in [0.15, 0.2) is 90.0 Å². The van der Waals surface area contributed by atoms with Gasteiger partial charge in [0.25, 0.3) is 11.5 Å². The van der Waals surface area contributed by atoms with E-state index in [0.717, 1.165) is 60.1 Å². The second-order valence-electron chi connectivity index (χ2n) is 12.8. The van der Waals surface area contributed by atoms with Gasteiger partial charge in [0.2, 0.25) is 0 Å². The van der Waals surface area contributed by atoms with Gasteiger partial charge in [0.1, 0.15) is 28.3 Å². The highest BCUT2D eigenvalue weighted by molar-refractivity contribution is 5.99. The summed E-state index contributed by atoms with van der Waals surface area (Å²) >= 11 is 0. The van der Waals surface area contributed by atoms with Crippen LogP contribution >= 0.6 is 0 Å². The van der Waals surface area contributed by atoms with E-state index in [1.807, 2.05) is 28.9 Å². The number of hydrogen-bond donors (Lipinski definition) is 1. The molecule has 2 N–H and O–H groups in total. The van der Waals surface area contributed by atoms with Gasteiger partial charge in [0.05, 0.1) is 25.5 Å². The number of carbonyl (C=O) groups is 1. The van der Waals surface area contributed by atoms with Crippen LogP contribution in [-0.2, 0) is 6.54 Å². The lowest BCUT2D eigenvalue weighted by atomic mass is 10.0. The number of benzene rings is 3. The number of rotatable bonds is 10. The lowest BCUT2D eigenvalue weighted by molar-refractivity contribution is 0.0999. The van der Waals surface area contributed by atoms with E-state index in [2.05, 4.69) is 34.0 Å². The number of primary amides is 1. The van der Waals surface area contributed by atoms with Gasteiger partial charge in [0.15, 0.2) is 23.0 Å². The molecule has 0 spiro atoms. The molecule has 0 saturated carbocycles. The molecule has 52 heavy (non-hydrogen) atoms. The number of ether oxygens (including phenoxy) is 2. The van der Waals surface area contributed by atoms with Crippen LogP contribution in [0.25, 0.3) is 27.8 Å². The molecule has 266 valence electrons. The largest absolute Gasteiger partial charge is 0.497 e. The molecule has 6 aromatic rings. The van der Waals surface area contributed by atoms with E-state index >= 15 is 4.39 Å². The highest BCUT2D eigenvalue weighted by atomic mass is 19.1. The molecule has 3 aromatic carbocycles. The van der Waals surface area contributed by atoms with E-state index < -0.39 is 28.7 Å². The van der Waals surface area contributed by atoms with E-state index in [0.29, 0.717) is 35.2 Å². The number of aromatic nitrogens is 5. The maximum absolute atomic E-state index is 15.9. The van der Waals surface area contributed by atoms with Gasteiger partial charge in [-0.25, -0.2) is 18.4 Å². The number of fused-ring (bicyclic) bond motifs is 1. The van der Waals surface area contributed by atoms with E-state index in [9.17, 15) is 14.0 Å². The third-order valence-electron chi connectivity index (χ3n) is 9.32. The summed E-state index contributed by atoms with van der Waals surface area (Å²) in [6, 6.07) is 18.9. The average Bonchev–Trinajstić information content (AvgIpc) is 3.51. The topological polar surface area (TPSA) is 134 Å². The Morgan fingerprint density at radius 3 is 2.37 bits per heavy atom. The Labute approximate surface area is 297 Å². The van der Waals surface area contributed by atoms with Crippen molar-refractivity contribution in [2.24, 2.45) is 5.73 Å². The van der Waals surface area contributed by atoms with Crippen LogP contribution in [-0.4, -0.2) is 75.7 Å². The molecule has 0 atom stereocenters. The van der Waals surface area contributed by atoms with E-state index in [4.69, 9.17) is 20.3 Å².